The van der Waals surface area contributed by atoms with Gasteiger partial charge in [0.25, 0.3) is 0 Å². The Morgan fingerprint density at radius 2 is 2.40 bits per heavy atom. The van der Waals surface area contributed by atoms with Gasteiger partial charge in [0.2, 0.25) is 0 Å². The summed E-state index contributed by atoms with van der Waals surface area (Å²) in [6, 6.07) is 0.106. The van der Waals surface area contributed by atoms with Crippen molar-refractivity contribution < 1.29 is 22.0 Å². The Hall–Kier alpha value is 1.09. The van der Waals surface area contributed by atoms with Crippen LogP contribution in [0, 0.1) is 0 Å². The summed E-state index contributed by atoms with van der Waals surface area (Å²) in [7, 11) is 1.84. The molecule has 1 N–H and O–H groups in total. The third kappa shape index (κ3) is 4.84. The minimum atomic E-state index is 0.106. The number of carbonyl (C=O) groups is 1. The molecule has 0 fully saturated rings. The van der Waals surface area contributed by atoms with Crippen LogP contribution in [0.2, 0.25) is 0 Å². The number of hydrogen-bond acceptors (Lipinski definition) is 2. The second-order valence-corrected chi connectivity index (χ2v) is 7.55. The van der Waals surface area contributed by atoms with Gasteiger partial charge in [-0.25, -0.2) is 0 Å². The molecular weight excluding hydrogens is 356 g/mol. The molecule has 0 bridgehead atoms. The summed E-state index contributed by atoms with van der Waals surface area (Å²) >= 11 is 2.75. The first-order valence-electron chi connectivity index (χ1n) is 3.10. The van der Waals surface area contributed by atoms with E-state index in [0.717, 1.165) is 6.42 Å². The fourth-order valence-electron chi connectivity index (χ4n) is 0.701. The predicted octanol–water partition coefficient (Wildman–Crippen LogP) is -2.01. The number of carbonyl (C=O) groups excluding carboxylic acids is 1. The average Bonchev–Trinajstić information content (AvgIpc) is 1.89. The summed E-state index contributed by atoms with van der Waals surface area (Å²) in [5, 5.41) is 3.00. The van der Waals surface area contributed by atoms with Crippen LogP contribution in [0.1, 0.15) is 13.3 Å². The number of halogens is 2. The van der Waals surface area contributed by atoms with E-state index in [2.05, 4.69) is 23.9 Å². The van der Waals surface area contributed by atoms with Gasteiger partial charge in [-0.3, -0.25) is 0 Å². The fraction of sp³-hybridized carbons (Fsp3) is 0.833. The van der Waals surface area contributed by atoms with E-state index >= 15 is 0 Å². The van der Waals surface area contributed by atoms with Crippen LogP contribution in [-0.4, -0.2) is 23.3 Å². The van der Waals surface area contributed by atoms with E-state index < -0.39 is 0 Å². The molecule has 0 aliphatic carbocycles. The molecule has 1 atom stereocenters. The number of Topliss-reactive ketones (excluding diaryl/α,β-unsaturated/α-hetero) is 1. The molecule has 0 rings (SSSR count). The molecule has 4 heteroatoms. The SMILES string of the molecule is CNC(CC[I-]I)C(C)=O. The molecule has 1 unspecified atom stereocenters. The molecule has 0 radical (unpaired) electrons. The van der Waals surface area contributed by atoms with Crippen LogP contribution in [0.5, 0.6) is 0 Å². The molecule has 0 saturated carbocycles. The van der Waals surface area contributed by atoms with Gasteiger partial charge < -0.3 is 0 Å². The van der Waals surface area contributed by atoms with Crippen LogP contribution < -0.4 is 22.5 Å². The first-order valence-corrected chi connectivity index (χ1v) is 10.9. The standard InChI is InChI=1S/C6H12I2NO/c1-5(10)6(9-2)3-4-8-7/h6,9H,3-4H2,1-2H3/q-1. The molecule has 0 aromatic heterocycles. The van der Waals surface area contributed by atoms with Crippen molar-refractivity contribution in [1.29, 1.82) is 0 Å². The van der Waals surface area contributed by atoms with Crippen LogP contribution in [-0.2, 0) is 4.79 Å². The van der Waals surface area contributed by atoms with Gasteiger partial charge in [-0.1, -0.05) is 0 Å². The molecule has 0 heterocycles. The molecule has 0 aromatic rings. The topological polar surface area (TPSA) is 29.1 Å². The van der Waals surface area contributed by atoms with E-state index in [9.17, 15) is 4.79 Å². The summed E-state index contributed by atoms with van der Waals surface area (Å²) < 4.78 is 1.23. The summed E-state index contributed by atoms with van der Waals surface area (Å²) in [5.41, 5.74) is 0. The maximum atomic E-state index is 10.8. The average molecular weight is 368 g/mol. The Morgan fingerprint density at radius 1 is 1.80 bits per heavy atom. The van der Waals surface area contributed by atoms with Crippen LogP contribution in [0.15, 0.2) is 0 Å². The van der Waals surface area contributed by atoms with Crippen molar-refractivity contribution >= 4 is 24.4 Å². The zero-order valence-electron chi connectivity index (χ0n) is 6.16. The van der Waals surface area contributed by atoms with Gasteiger partial charge in [-0.15, -0.1) is 0 Å². The van der Waals surface area contributed by atoms with Gasteiger partial charge >= 0.3 is 82.6 Å². The number of hydrogen-bond donors (Lipinski definition) is 1. The van der Waals surface area contributed by atoms with Gasteiger partial charge in [-0.05, 0) is 0 Å². The van der Waals surface area contributed by atoms with Crippen molar-refractivity contribution in [2.24, 2.45) is 0 Å². The first-order chi connectivity index (χ1) is 4.72. The van der Waals surface area contributed by atoms with Crippen molar-refractivity contribution in [3.63, 3.8) is 0 Å². The quantitative estimate of drug-likeness (QED) is 0.449. The van der Waals surface area contributed by atoms with Crippen molar-refractivity contribution in [3.8, 4) is 0 Å². The number of nitrogens with one attached hydrogen (secondary N) is 1. The first kappa shape index (κ1) is 11.1. The number of rotatable bonds is 5. The minimum absolute atomic E-state index is 0.106. The monoisotopic (exact) mass is 368 g/mol. The van der Waals surface area contributed by atoms with E-state index in [0.29, 0.717) is 17.2 Å². The van der Waals surface area contributed by atoms with E-state index in [4.69, 9.17) is 0 Å². The van der Waals surface area contributed by atoms with E-state index in [1.807, 2.05) is 7.05 Å². The third-order valence-electron chi connectivity index (χ3n) is 1.31. The van der Waals surface area contributed by atoms with Crippen molar-refractivity contribution in [2.45, 2.75) is 19.4 Å². The normalized spacial score (nSPS) is 13.5. The van der Waals surface area contributed by atoms with Gasteiger partial charge in [0, 0.05) is 0 Å². The Labute approximate surface area is 82.0 Å². The Kier molecular flexibility index (Phi) is 7.52. The van der Waals surface area contributed by atoms with Gasteiger partial charge in [0.05, 0.1) is 0 Å². The van der Waals surface area contributed by atoms with Gasteiger partial charge in [0.1, 0.15) is 0 Å². The molecule has 0 amide bonds. The molecule has 10 heavy (non-hydrogen) atoms. The maximum absolute atomic E-state index is 10.8. The molecule has 62 valence electrons. The number of ketones is 1. The van der Waals surface area contributed by atoms with Crippen molar-refractivity contribution in [2.75, 3.05) is 11.5 Å². The van der Waals surface area contributed by atoms with Crippen molar-refractivity contribution in [3.05, 3.63) is 0 Å². The second kappa shape index (κ2) is 6.78. The van der Waals surface area contributed by atoms with Crippen LogP contribution in [0.25, 0.3) is 0 Å². The van der Waals surface area contributed by atoms with E-state index in [1.165, 1.54) is 4.43 Å². The summed E-state index contributed by atoms with van der Waals surface area (Å²) in [6.07, 6.45) is 1.02. The molecule has 0 aliphatic heterocycles. The third-order valence-corrected chi connectivity index (χ3v) is 5.07. The summed E-state index contributed by atoms with van der Waals surface area (Å²) in [4.78, 5) is 10.8. The van der Waals surface area contributed by atoms with Gasteiger partial charge in [0.15, 0.2) is 0 Å². The Bertz CT molecular complexity index is 108. The summed E-state index contributed by atoms with van der Waals surface area (Å²) in [5.74, 6) is 0.261. The summed E-state index contributed by atoms with van der Waals surface area (Å²) in [6.45, 7) is 1.65. The molecule has 0 aromatic carbocycles. The van der Waals surface area contributed by atoms with E-state index in [-0.39, 0.29) is 11.8 Å². The zero-order valence-corrected chi connectivity index (χ0v) is 10.5. The fourth-order valence-corrected chi connectivity index (χ4v) is 3.14. The van der Waals surface area contributed by atoms with E-state index in [1.54, 1.807) is 6.92 Å². The zero-order chi connectivity index (χ0) is 7.98. The number of alkyl halides is 1. The van der Waals surface area contributed by atoms with Crippen LogP contribution in [0.4, 0.5) is 0 Å². The van der Waals surface area contributed by atoms with Crippen LogP contribution in [0.3, 0.4) is 0 Å². The van der Waals surface area contributed by atoms with Crippen LogP contribution >= 0.6 is 18.6 Å². The van der Waals surface area contributed by atoms with Gasteiger partial charge in [-0.2, -0.15) is 0 Å². The van der Waals surface area contributed by atoms with Crippen molar-refractivity contribution in [1.82, 2.24) is 5.32 Å². The Morgan fingerprint density at radius 3 is 2.70 bits per heavy atom. The number of likely N-dealkylation sites (N-methyl/N-ethyl adjacent to an activating group) is 1. The molecule has 0 aliphatic rings. The predicted molar refractivity (Wildman–Crippen MR) is 47.0 cm³/mol. The Balaban J connectivity index is 3.50. The molecular formula is C6H12I2NO-. The molecule has 2 nitrogen and oxygen atoms in total. The molecule has 0 spiro atoms. The molecule has 0 saturated heterocycles. The second-order valence-electron chi connectivity index (χ2n) is 2.03.